The van der Waals surface area contributed by atoms with Gasteiger partial charge in [-0.05, 0) is 24.3 Å². The third kappa shape index (κ3) is 4.69. The Morgan fingerprint density at radius 3 is 2.58 bits per heavy atom. The molecule has 162 valence electrons. The summed E-state index contributed by atoms with van der Waals surface area (Å²) in [5.41, 5.74) is 5.53. The minimum absolute atomic E-state index is 0.00994. The summed E-state index contributed by atoms with van der Waals surface area (Å²) in [4.78, 5) is 8.15. The maximum absolute atomic E-state index is 13.7. The molecular weight excluding hydrogens is 413 g/mol. The van der Waals surface area contributed by atoms with Crippen molar-refractivity contribution in [1.29, 1.82) is 5.26 Å². The zero-order valence-corrected chi connectivity index (χ0v) is 16.9. The summed E-state index contributed by atoms with van der Waals surface area (Å²) in [6.45, 7) is 3.40. The maximum Gasteiger partial charge on any atom is 0.419 e. The smallest absolute Gasteiger partial charge is 0.419 e. The predicted molar refractivity (Wildman–Crippen MR) is 106 cm³/mol. The van der Waals surface area contributed by atoms with Gasteiger partial charge in [-0.1, -0.05) is 19.0 Å². The van der Waals surface area contributed by atoms with Crippen molar-refractivity contribution in [3.05, 3.63) is 47.2 Å². The van der Waals surface area contributed by atoms with Crippen molar-refractivity contribution >= 4 is 11.4 Å². The van der Waals surface area contributed by atoms with Gasteiger partial charge in [0.1, 0.15) is 11.8 Å². The zero-order chi connectivity index (χ0) is 22.8. The van der Waals surface area contributed by atoms with Gasteiger partial charge in [0.15, 0.2) is 18.1 Å². The van der Waals surface area contributed by atoms with E-state index in [0.29, 0.717) is 11.5 Å². The minimum Gasteiger partial charge on any atom is -0.483 e. The number of nitriles is 1. The van der Waals surface area contributed by atoms with Crippen LogP contribution in [-0.4, -0.2) is 22.2 Å². The zero-order valence-electron chi connectivity index (χ0n) is 16.9. The second-order valence-corrected chi connectivity index (χ2v) is 6.88. The van der Waals surface area contributed by atoms with Gasteiger partial charge in [0, 0.05) is 18.5 Å². The number of rotatable bonds is 6. The molecular formula is C20H19F3N6O2. The molecule has 2 aromatic heterocycles. The van der Waals surface area contributed by atoms with E-state index < -0.39 is 17.5 Å². The first-order valence-corrected chi connectivity index (χ1v) is 9.19. The first kappa shape index (κ1) is 21.9. The molecule has 11 heteroatoms. The number of ether oxygens (including phenoxy) is 1. The van der Waals surface area contributed by atoms with Crippen molar-refractivity contribution in [1.82, 2.24) is 15.1 Å². The van der Waals surface area contributed by atoms with E-state index in [2.05, 4.69) is 20.4 Å². The Hall–Kier alpha value is -3.81. The van der Waals surface area contributed by atoms with E-state index in [1.165, 1.54) is 18.2 Å². The fourth-order valence-corrected chi connectivity index (χ4v) is 2.73. The lowest BCUT2D eigenvalue weighted by Gasteiger charge is -2.15. The predicted octanol–water partition coefficient (Wildman–Crippen LogP) is 4.35. The van der Waals surface area contributed by atoms with Gasteiger partial charge in [-0.25, -0.2) is 4.98 Å². The van der Waals surface area contributed by atoms with Crippen LogP contribution in [0.3, 0.4) is 0 Å². The number of pyridine rings is 1. The average Bonchev–Trinajstić information content (AvgIpc) is 3.21. The lowest BCUT2D eigenvalue weighted by atomic mass is 10.0. The summed E-state index contributed by atoms with van der Waals surface area (Å²) in [5, 5.41) is 15.8. The van der Waals surface area contributed by atoms with Crippen molar-refractivity contribution in [2.75, 3.05) is 18.1 Å². The van der Waals surface area contributed by atoms with Gasteiger partial charge in [0.25, 0.3) is 5.89 Å². The van der Waals surface area contributed by atoms with Crippen molar-refractivity contribution in [2.45, 2.75) is 32.5 Å². The van der Waals surface area contributed by atoms with Crippen molar-refractivity contribution in [3.8, 4) is 23.1 Å². The molecule has 2 heterocycles. The second-order valence-electron chi connectivity index (χ2n) is 6.88. The van der Waals surface area contributed by atoms with Crippen LogP contribution in [0.1, 0.15) is 42.7 Å². The fourth-order valence-electron chi connectivity index (χ4n) is 2.73. The molecule has 0 aliphatic heterocycles. The lowest BCUT2D eigenvalue weighted by molar-refractivity contribution is -0.139. The van der Waals surface area contributed by atoms with Gasteiger partial charge < -0.3 is 20.3 Å². The highest BCUT2D eigenvalue weighted by atomic mass is 19.4. The molecule has 3 rings (SSSR count). The number of nitrogens with one attached hydrogen (secondary N) is 1. The Morgan fingerprint density at radius 2 is 2.00 bits per heavy atom. The quantitative estimate of drug-likeness (QED) is 0.589. The summed E-state index contributed by atoms with van der Waals surface area (Å²) >= 11 is 0. The van der Waals surface area contributed by atoms with E-state index in [0.717, 1.165) is 6.07 Å². The number of nitrogen functional groups attached to an aromatic ring is 1. The average molecular weight is 432 g/mol. The van der Waals surface area contributed by atoms with Crippen molar-refractivity contribution < 1.29 is 22.4 Å². The van der Waals surface area contributed by atoms with Crippen LogP contribution in [0.25, 0.3) is 11.3 Å². The minimum atomic E-state index is -4.69. The van der Waals surface area contributed by atoms with Crippen LogP contribution >= 0.6 is 0 Å². The highest BCUT2D eigenvalue weighted by molar-refractivity contribution is 5.77. The van der Waals surface area contributed by atoms with Crippen LogP contribution in [0, 0.1) is 11.3 Å². The van der Waals surface area contributed by atoms with Gasteiger partial charge >= 0.3 is 6.18 Å². The van der Waals surface area contributed by atoms with Gasteiger partial charge in [-0.2, -0.15) is 23.4 Å². The second kappa shape index (κ2) is 8.51. The number of nitrogens with zero attached hydrogens (tertiary/aromatic N) is 4. The summed E-state index contributed by atoms with van der Waals surface area (Å²) in [7, 11) is 1.58. The number of anilines is 2. The molecule has 0 radical (unpaired) electrons. The van der Waals surface area contributed by atoms with E-state index in [1.807, 2.05) is 19.9 Å². The third-order valence-corrected chi connectivity index (χ3v) is 4.37. The largest absolute Gasteiger partial charge is 0.483 e. The molecule has 0 saturated carbocycles. The molecule has 31 heavy (non-hydrogen) atoms. The number of halogens is 3. The molecule has 0 amide bonds. The van der Waals surface area contributed by atoms with Crippen LogP contribution in [0.2, 0.25) is 0 Å². The van der Waals surface area contributed by atoms with E-state index in [-0.39, 0.29) is 41.1 Å². The molecule has 0 aliphatic carbocycles. The number of hydrogen-bond acceptors (Lipinski definition) is 8. The Bertz CT molecular complexity index is 1130. The Kier molecular flexibility index (Phi) is 6.01. The van der Waals surface area contributed by atoms with E-state index in [4.69, 9.17) is 15.0 Å². The Labute approximate surface area is 175 Å². The number of nitrogens with two attached hydrogens (primary N) is 1. The summed E-state index contributed by atoms with van der Waals surface area (Å²) in [6.07, 6.45) is -4.69. The molecule has 8 nitrogen and oxygen atoms in total. The van der Waals surface area contributed by atoms with Gasteiger partial charge in [0.05, 0.1) is 22.6 Å². The van der Waals surface area contributed by atoms with Gasteiger partial charge in [-0.15, -0.1) is 0 Å². The third-order valence-electron chi connectivity index (χ3n) is 4.37. The van der Waals surface area contributed by atoms with Crippen LogP contribution in [-0.2, 0) is 12.8 Å². The molecule has 0 unspecified atom stereocenters. The molecule has 3 aromatic rings. The fraction of sp³-hybridized carbons (Fsp3) is 0.300. The van der Waals surface area contributed by atoms with Gasteiger partial charge in [-0.3, -0.25) is 0 Å². The van der Waals surface area contributed by atoms with Crippen LogP contribution < -0.4 is 15.8 Å². The number of benzene rings is 1. The standard InChI is InChI=1S/C20H19F3N6O2/c1-10(2)19-28-17(31-29-19)9-30-16-5-4-11(6-12(16)20(21,22)23)13-7-14(26-3)18(25)15(8-24)27-13/h4-7,10H,9,25H2,1-3H3,(H,26,27). The Morgan fingerprint density at radius 1 is 1.26 bits per heavy atom. The van der Waals surface area contributed by atoms with Crippen molar-refractivity contribution in [2.24, 2.45) is 0 Å². The Balaban J connectivity index is 1.96. The molecule has 3 N–H and O–H groups in total. The van der Waals surface area contributed by atoms with Gasteiger partial charge in [0.2, 0.25) is 0 Å². The summed E-state index contributed by atoms with van der Waals surface area (Å²) < 4.78 is 51.4. The summed E-state index contributed by atoms with van der Waals surface area (Å²) in [5.74, 6) is 0.118. The summed E-state index contributed by atoms with van der Waals surface area (Å²) in [6, 6.07) is 6.81. The number of hydrogen-bond donors (Lipinski definition) is 2. The molecule has 0 aliphatic rings. The van der Waals surface area contributed by atoms with E-state index in [1.54, 1.807) is 7.05 Å². The van der Waals surface area contributed by atoms with Crippen molar-refractivity contribution in [3.63, 3.8) is 0 Å². The van der Waals surface area contributed by atoms with E-state index in [9.17, 15) is 18.4 Å². The molecule has 0 spiro atoms. The molecule has 0 atom stereocenters. The SMILES string of the molecule is CNc1cc(-c2ccc(OCc3nc(C(C)C)no3)c(C(F)(F)F)c2)nc(C#N)c1N. The molecule has 0 bridgehead atoms. The molecule has 1 aromatic carbocycles. The molecule has 0 saturated heterocycles. The highest BCUT2D eigenvalue weighted by Crippen LogP contribution is 2.39. The first-order valence-electron chi connectivity index (χ1n) is 9.19. The normalized spacial score (nSPS) is 11.4. The lowest BCUT2D eigenvalue weighted by Crippen LogP contribution is -2.09. The molecule has 0 fully saturated rings. The van der Waals surface area contributed by atoms with E-state index >= 15 is 0 Å². The number of aromatic nitrogens is 3. The monoisotopic (exact) mass is 432 g/mol. The maximum atomic E-state index is 13.7. The van der Waals surface area contributed by atoms with Crippen LogP contribution in [0.4, 0.5) is 24.5 Å². The number of alkyl halides is 3. The van der Waals surface area contributed by atoms with Crippen LogP contribution in [0.15, 0.2) is 28.8 Å². The highest BCUT2D eigenvalue weighted by Gasteiger charge is 2.35. The topological polar surface area (TPSA) is 123 Å². The van der Waals surface area contributed by atoms with Crippen LogP contribution in [0.5, 0.6) is 5.75 Å². The first-order chi connectivity index (χ1) is 14.6.